The lowest BCUT2D eigenvalue weighted by Gasteiger charge is -2.35. The van der Waals surface area contributed by atoms with E-state index in [0.717, 1.165) is 0 Å². The van der Waals surface area contributed by atoms with Crippen LogP contribution in [0, 0.1) is 5.92 Å². The molecule has 0 amide bonds. The molecule has 4 nitrogen and oxygen atoms in total. The van der Waals surface area contributed by atoms with Gasteiger partial charge in [0, 0.05) is 7.05 Å². The number of nitrogens with one attached hydrogen (secondary N) is 1. The van der Waals surface area contributed by atoms with Crippen LogP contribution in [0.4, 0.5) is 13.2 Å². The number of amidine groups is 1. The van der Waals surface area contributed by atoms with Crippen molar-refractivity contribution in [3.8, 4) is 0 Å². The van der Waals surface area contributed by atoms with Crippen molar-refractivity contribution < 1.29 is 23.0 Å². The summed E-state index contributed by atoms with van der Waals surface area (Å²) in [4.78, 5) is 3.86. The fourth-order valence-electron chi connectivity index (χ4n) is 2.15. The Morgan fingerprint density at radius 2 is 2.25 bits per heavy atom. The lowest BCUT2D eigenvalue weighted by atomic mass is 9.81. The Kier molecular flexibility index (Phi) is 2.96. The van der Waals surface area contributed by atoms with Crippen LogP contribution in [0.5, 0.6) is 0 Å². The molecule has 2 aliphatic rings. The third kappa shape index (κ3) is 1.73. The summed E-state index contributed by atoms with van der Waals surface area (Å²) in [7, 11) is 1.55. The molecule has 1 saturated carbocycles. The van der Waals surface area contributed by atoms with Crippen LogP contribution in [0.1, 0.15) is 6.42 Å². The Morgan fingerprint density at radius 1 is 1.56 bits per heavy atom. The highest BCUT2D eigenvalue weighted by molar-refractivity contribution is 5.75. The Balaban J connectivity index is 2.14. The molecule has 0 unspecified atom stereocenters. The molecule has 0 radical (unpaired) electrons. The number of hydrogen-bond donors (Lipinski definition) is 2. The Hall–Kier alpha value is -0.980. The van der Waals surface area contributed by atoms with Gasteiger partial charge in [-0.3, -0.25) is 0 Å². The number of aliphatic imine (C=N–C) groups is 1. The predicted molar refractivity (Wildman–Crippen MR) is 50.2 cm³/mol. The zero-order chi connectivity index (χ0) is 11.9. The summed E-state index contributed by atoms with van der Waals surface area (Å²) < 4.78 is 43.9. The SMILES string of the molecule is CNC1=N[C@@H]2[C@H](F)[C@H](O)[C@@H](C(F)F)C[C@@H]2O1. The molecular formula is C9H13F3N2O2. The number of aliphatic hydroxyl groups is 1. The second-order valence-electron chi connectivity index (χ2n) is 4.00. The predicted octanol–water partition coefficient (Wildman–Crippen LogP) is 0.313. The van der Waals surface area contributed by atoms with Crippen molar-refractivity contribution >= 4 is 6.02 Å². The molecule has 0 saturated heterocycles. The molecule has 0 aromatic carbocycles. The van der Waals surface area contributed by atoms with Gasteiger partial charge in [-0.15, -0.1) is 0 Å². The first kappa shape index (κ1) is 11.5. The maximum absolute atomic E-state index is 13.7. The summed E-state index contributed by atoms with van der Waals surface area (Å²) in [5, 5.41) is 12.0. The fourth-order valence-corrected chi connectivity index (χ4v) is 2.15. The van der Waals surface area contributed by atoms with Gasteiger partial charge in [0.25, 0.3) is 6.02 Å². The molecule has 2 N–H and O–H groups in total. The number of alkyl halides is 3. The number of aliphatic hydroxyl groups excluding tert-OH is 1. The smallest absolute Gasteiger partial charge is 0.285 e. The second kappa shape index (κ2) is 4.12. The molecule has 1 fully saturated rings. The highest BCUT2D eigenvalue weighted by Crippen LogP contribution is 2.37. The minimum Gasteiger partial charge on any atom is -0.460 e. The summed E-state index contributed by atoms with van der Waals surface area (Å²) in [6.45, 7) is 0. The first-order valence-electron chi connectivity index (χ1n) is 5.07. The maximum Gasteiger partial charge on any atom is 0.285 e. The minimum absolute atomic E-state index is 0.0847. The number of fused-ring (bicyclic) bond motifs is 1. The highest BCUT2D eigenvalue weighted by Gasteiger charge is 2.51. The minimum atomic E-state index is -2.75. The molecule has 1 aliphatic carbocycles. The van der Waals surface area contributed by atoms with Crippen molar-refractivity contribution in [1.29, 1.82) is 0 Å². The van der Waals surface area contributed by atoms with E-state index in [4.69, 9.17) is 4.74 Å². The van der Waals surface area contributed by atoms with Gasteiger partial charge in [0.1, 0.15) is 12.1 Å². The van der Waals surface area contributed by atoms with Crippen molar-refractivity contribution in [3.05, 3.63) is 0 Å². The van der Waals surface area contributed by atoms with Crippen molar-refractivity contribution in [2.45, 2.75) is 37.3 Å². The van der Waals surface area contributed by atoms with Crippen LogP contribution < -0.4 is 5.32 Å². The molecule has 0 aromatic heterocycles. The first-order valence-corrected chi connectivity index (χ1v) is 5.07. The van der Waals surface area contributed by atoms with Crippen LogP contribution in [0.3, 0.4) is 0 Å². The lowest BCUT2D eigenvalue weighted by molar-refractivity contribution is -0.0989. The van der Waals surface area contributed by atoms with Gasteiger partial charge in [-0.25, -0.2) is 18.2 Å². The van der Waals surface area contributed by atoms with Gasteiger partial charge in [-0.1, -0.05) is 0 Å². The average Bonchev–Trinajstić information content (AvgIpc) is 2.66. The first-order chi connectivity index (χ1) is 7.54. The second-order valence-corrected chi connectivity index (χ2v) is 4.00. The number of nitrogens with zero attached hydrogens (tertiary/aromatic N) is 1. The third-order valence-corrected chi connectivity index (χ3v) is 3.04. The topological polar surface area (TPSA) is 53.9 Å². The van der Waals surface area contributed by atoms with Crippen LogP contribution in [0.25, 0.3) is 0 Å². The van der Waals surface area contributed by atoms with E-state index in [9.17, 15) is 18.3 Å². The summed E-state index contributed by atoms with van der Waals surface area (Å²) in [6, 6.07) is -0.743. The number of ether oxygens (including phenoxy) is 1. The van der Waals surface area contributed by atoms with Crippen LogP contribution in [-0.4, -0.2) is 49.0 Å². The standard InChI is InChI=1S/C9H13F3N2O2/c1-13-9-14-6-4(16-9)2-3(8(11)12)7(15)5(6)10/h3-8,15H,2H2,1H3,(H,13,14)/t3-,4-,5-,6-,7+/m0/s1. The van der Waals surface area contributed by atoms with E-state index in [2.05, 4.69) is 10.3 Å². The van der Waals surface area contributed by atoms with Crippen molar-refractivity contribution in [3.63, 3.8) is 0 Å². The van der Waals surface area contributed by atoms with Crippen LogP contribution >= 0.6 is 0 Å². The average molecular weight is 238 g/mol. The van der Waals surface area contributed by atoms with Crippen molar-refractivity contribution in [2.75, 3.05) is 7.05 Å². The van der Waals surface area contributed by atoms with Crippen LogP contribution in [0.15, 0.2) is 4.99 Å². The summed E-state index contributed by atoms with van der Waals surface area (Å²) in [5.41, 5.74) is 0. The molecular weight excluding hydrogens is 225 g/mol. The Labute approximate surface area is 90.5 Å². The van der Waals surface area contributed by atoms with Gasteiger partial charge in [0.15, 0.2) is 6.17 Å². The number of halogens is 3. The van der Waals surface area contributed by atoms with Crippen molar-refractivity contribution in [2.24, 2.45) is 10.9 Å². The molecule has 2 rings (SSSR count). The van der Waals surface area contributed by atoms with Gasteiger partial charge in [-0.2, -0.15) is 0 Å². The van der Waals surface area contributed by atoms with Gasteiger partial charge in [-0.05, 0) is 6.42 Å². The van der Waals surface area contributed by atoms with Gasteiger partial charge in [0.2, 0.25) is 6.43 Å². The van der Waals surface area contributed by atoms with Crippen LogP contribution in [0.2, 0.25) is 0 Å². The molecule has 5 atom stereocenters. The Bertz CT molecular complexity index is 300. The molecule has 7 heteroatoms. The molecule has 0 aromatic rings. The summed E-state index contributed by atoms with van der Waals surface area (Å²) in [6.07, 6.45) is -7.02. The maximum atomic E-state index is 13.7. The van der Waals surface area contributed by atoms with Crippen molar-refractivity contribution in [1.82, 2.24) is 5.32 Å². The third-order valence-electron chi connectivity index (χ3n) is 3.04. The molecule has 0 spiro atoms. The molecule has 92 valence electrons. The van der Waals surface area contributed by atoms with Gasteiger partial charge in [0.05, 0.1) is 12.0 Å². The summed E-state index contributed by atoms with van der Waals surface area (Å²) in [5.74, 6) is -1.39. The molecule has 16 heavy (non-hydrogen) atoms. The van der Waals surface area contributed by atoms with Gasteiger partial charge >= 0.3 is 0 Å². The molecule has 1 heterocycles. The van der Waals surface area contributed by atoms with E-state index < -0.39 is 36.8 Å². The van der Waals surface area contributed by atoms with E-state index in [-0.39, 0.29) is 12.4 Å². The number of hydrogen-bond acceptors (Lipinski definition) is 4. The van der Waals surface area contributed by atoms with E-state index >= 15 is 0 Å². The zero-order valence-electron chi connectivity index (χ0n) is 8.61. The quantitative estimate of drug-likeness (QED) is 0.691. The summed E-state index contributed by atoms with van der Waals surface area (Å²) >= 11 is 0. The Morgan fingerprint density at radius 3 is 2.81 bits per heavy atom. The van der Waals surface area contributed by atoms with E-state index in [1.807, 2.05) is 0 Å². The van der Waals surface area contributed by atoms with E-state index in [1.54, 1.807) is 7.05 Å². The monoisotopic (exact) mass is 238 g/mol. The largest absolute Gasteiger partial charge is 0.460 e. The molecule has 1 aliphatic heterocycles. The fraction of sp³-hybridized carbons (Fsp3) is 0.889. The highest BCUT2D eigenvalue weighted by atomic mass is 19.3. The lowest BCUT2D eigenvalue weighted by Crippen LogP contribution is -2.51. The van der Waals surface area contributed by atoms with Crippen LogP contribution in [-0.2, 0) is 4.74 Å². The van der Waals surface area contributed by atoms with Gasteiger partial charge < -0.3 is 15.2 Å². The normalized spacial score (nSPS) is 42.6. The van der Waals surface area contributed by atoms with E-state index in [0.29, 0.717) is 0 Å². The molecule has 0 bridgehead atoms. The zero-order valence-corrected chi connectivity index (χ0v) is 8.61. The van der Waals surface area contributed by atoms with E-state index in [1.165, 1.54) is 0 Å². The number of rotatable bonds is 1.